The number of carbonyl (C=O) groups is 5. The van der Waals surface area contributed by atoms with Crippen LogP contribution in [0.25, 0.3) is 0 Å². The van der Waals surface area contributed by atoms with Gasteiger partial charge in [-0.3, -0.25) is 14.4 Å². The number of carboxylic acids is 2. The molecule has 0 fully saturated rings. The van der Waals surface area contributed by atoms with Crippen molar-refractivity contribution >= 4 is 29.4 Å². The minimum absolute atomic E-state index is 0.0148. The summed E-state index contributed by atoms with van der Waals surface area (Å²) in [4.78, 5) is 56.5. The smallest absolute Gasteiger partial charge is 0.326 e. The minimum Gasteiger partial charge on any atom is -0.481 e. The SMILES string of the molecule is CCOCC(=O)C[C@@H](CCC(=O)N[C@@H](CCC(C)=O)C(=O)O)C(=O)O. The van der Waals surface area contributed by atoms with Crippen LogP contribution in [-0.4, -0.2) is 58.9 Å². The van der Waals surface area contributed by atoms with E-state index in [1.165, 1.54) is 6.92 Å². The van der Waals surface area contributed by atoms with E-state index < -0.39 is 29.8 Å². The molecule has 9 heteroatoms. The quantitative estimate of drug-likeness (QED) is 0.404. The van der Waals surface area contributed by atoms with Crippen molar-refractivity contribution in [2.75, 3.05) is 13.2 Å². The number of rotatable bonds is 14. The second kappa shape index (κ2) is 12.1. The maximum Gasteiger partial charge on any atom is 0.326 e. The number of amides is 1. The van der Waals surface area contributed by atoms with E-state index in [4.69, 9.17) is 14.9 Å². The van der Waals surface area contributed by atoms with E-state index >= 15 is 0 Å². The largest absolute Gasteiger partial charge is 0.481 e. The maximum absolute atomic E-state index is 11.8. The van der Waals surface area contributed by atoms with Gasteiger partial charge in [-0.1, -0.05) is 0 Å². The molecule has 0 unspecified atom stereocenters. The molecule has 0 aliphatic carbocycles. The Balaban J connectivity index is 4.49. The molecule has 0 spiro atoms. The van der Waals surface area contributed by atoms with E-state index in [-0.39, 0.29) is 50.3 Å². The van der Waals surface area contributed by atoms with E-state index in [1.807, 2.05) is 0 Å². The summed E-state index contributed by atoms with van der Waals surface area (Å²) in [6.45, 7) is 3.18. The molecule has 0 aliphatic heterocycles. The topological polar surface area (TPSA) is 147 Å². The number of nitrogens with one attached hydrogen (secondary N) is 1. The first-order valence-corrected chi connectivity index (χ1v) is 8.01. The Morgan fingerprint density at radius 2 is 1.64 bits per heavy atom. The standard InChI is InChI=1S/C16H25NO8/c1-3-25-9-12(19)8-11(15(21)22)5-7-14(20)17-13(16(23)24)6-4-10(2)18/h11,13H,3-9H2,1-2H3,(H,17,20)(H,21,22)(H,23,24)/t11-,13+/m1/s1. The molecular weight excluding hydrogens is 334 g/mol. The average Bonchev–Trinajstić information content (AvgIpc) is 2.52. The van der Waals surface area contributed by atoms with E-state index in [0.29, 0.717) is 6.61 Å². The van der Waals surface area contributed by atoms with Gasteiger partial charge in [-0.15, -0.1) is 0 Å². The molecule has 2 atom stereocenters. The van der Waals surface area contributed by atoms with Crippen LogP contribution in [0.4, 0.5) is 0 Å². The Kier molecular flexibility index (Phi) is 11.0. The molecule has 0 saturated heterocycles. The molecule has 0 aromatic carbocycles. The second-order valence-corrected chi connectivity index (χ2v) is 5.65. The molecule has 0 radical (unpaired) electrons. The highest BCUT2D eigenvalue weighted by atomic mass is 16.5. The zero-order valence-electron chi connectivity index (χ0n) is 14.4. The van der Waals surface area contributed by atoms with Crippen LogP contribution >= 0.6 is 0 Å². The lowest BCUT2D eigenvalue weighted by atomic mass is 9.97. The summed E-state index contributed by atoms with van der Waals surface area (Å²) in [5.74, 6) is -4.72. The molecular formula is C16H25NO8. The molecule has 25 heavy (non-hydrogen) atoms. The highest BCUT2D eigenvalue weighted by molar-refractivity contribution is 5.86. The van der Waals surface area contributed by atoms with E-state index in [1.54, 1.807) is 6.92 Å². The number of Topliss-reactive ketones (excluding diaryl/α,β-unsaturated/α-hetero) is 2. The molecule has 3 N–H and O–H groups in total. The summed E-state index contributed by atoms with van der Waals surface area (Å²) >= 11 is 0. The Labute approximate surface area is 145 Å². The first-order valence-electron chi connectivity index (χ1n) is 8.01. The summed E-state index contributed by atoms with van der Waals surface area (Å²) in [6, 6.07) is -1.21. The fraction of sp³-hybridized carbons (Fsp3) is 0.688. The zero-order valence-corrected chi connectivity index (χ0v) is 14.4. The Bertz CT molecular complexity index is 502. The van der Waals surface area contributed by atoms with Crippen LogP contribution in [0.2, 0.25) is 0 Å². The highest BCUT2D eigenvalue weighted by Crippen LogP contribution is 2.13. The van der Waals surface area contributed by atoms with Crippen molar-refractivity contribution in [1.82, 2.24) is 5.32 Å². The lowest BCUT2D eigenvalue weighted by Crippen LogP contribution is -2.41. The third-order valence-electron chi connectivity index (χ3n) is 3.43. The molecule has 0 aromatic rings. The molecule has 0 rings (SSSR count). The van der Waals surface area contributed by atoms with Crippen LogP contribution in [0.15, 0.2) is 0 Å². The van der Waals surface area contributed by atoms with E-state index in [9.17, 15) is 24.0 Å². The summed E-state index contributed by atoms with van der Waals surface area (Å²) in [7, 11) is 0. The number of ether oxygens (including phenoxy) is 1. The summed E-state index contributed by atoms with van der Waals surface area (Å²) in [5.41, 5.74) is 0. The normalized spacial score (nSPS) is 12.9. The fourth-order valence-corrected chi connectivity index (χ4v) is 2.04. The third kappa shape index (κ3) is 11.0. The van der Waals surface area contributed by atoms with E-state index in [0.717, 1.165) is 0 Å². The summed E-state index contributed by atoms with van der Waals surface area (Å²) in [6.07, 6.45) is -0.608. The molecule has 142 valence electrons. The van der Waals surface area contributed by atoms with Gasteiger partial charge in [0.25, 0.3) is 0 Å². The highest BCUT2D eigenvalue weighted by Gasteiger charge is 2.24. The molecule has 1 amide bonds. The number of ketones is 2. The van der Waals surface area contributed by atoms with Gasteiger partial charge < -0.3 is 25.1 Å². The van der Waals surface area contributed by atoms with Crippen molar-refractivity contribution in [3.63, 3.8) is 0 Å². The van der Waals surface area contributed by atoms with Crippen LogP contribution in [0.5, 0.6) is 0 Å². The molecule has 0 aromatic heterocycles. The Morgan fingerprint density at radius 3 is 2.12 bits per heavy atom. The first kappa shape index (κ1) is 22.7. The lowest BCUT2D eigenvalue weighted by Gasteiger charge is -2.15. The first-order chi connectivity index (χ1) is 11.7. The lowest BCUT2D eigenvalue weighted by molar-refractivity contribution is -0.145. The number of hydrogen-bond donors (Lipinski definition) is 3. The number of hydrogen-bond acceptors (Lipinski definition) is 6. The van der Waals surface area contributed by atoms with Crippen molar-refractivity contribution in [3.8, 4) is 0 Å². The average molecular weight is 359 g/mol. The number of aliphatic carboxylic acids is 2. The van der Waals surface area contributed by atoms with Crippen LogP contribution < -0.4 is 5.32 Å². The maximum atomic E-state index is 11.8. The van der Waals surface area contributed by atoms with Gasteiger partial charge in [0.1, 0.15) is 18.4 Å². The van der Waals surface area contributed by atoms with Crippen molar-refractivity contribution in [1.29, 1.82) is 0 Å². The fourth-order valence-electron chi connectivity index (χ4n) is 2.04. The molecule has 0 heterocycles. The number of carbonyl (C=O) groups excluding carboxylic acids is 3. The molecule has 0 bridgehead atoms. The summed E-state index contributed by atoms with van der Waals surface area (Å²) < 4.78 is 4.91. The Hall–Kier alpha value is -2.29. The second-order valence-electron chi connectivity index (χ2n) is 5.65. The van der Waals surface area contributed by atoms with Gasteiger partial charge in [0, 0.05) is 25.9 Å². The van der Waals surface area contributed by atoms with Gasteiger partial charge in [0.2, 0.25) is 5.91 Å². The van der Waals surface area contributed by atoms with Crippen LogP contribution in [-0.2, 0) is 28.7 Å². The molecule has 0 saturated carbocycles. The van der Waals surface area contributed by atoms with Crippen LogP contribution in [0.1, 0.15) is 46.0 Å². The number of carboxylic acid groups (broad SMARTS) is 2. The van der Waals surface area contributed by atoms with Gasteiger partial charge in [-0.2, -0.15) is 0 Å². The summed E-state index contributed by atoms with van der Waals surface area (Å²) in [5, 5.41) is 20.4. The predicted octanol–water partition coefficient (Wildman–Crippen LogP) is 0.402. The molecule has 9 nitrogen and oxygen atoms in total. The van der Waals surface area contributed by atoms with E-state index in [2.05, 4.69) is 5.32 Å². The van der Waals surface area contributed by atoms with Gasteiger partial charge in [-0.25, -0.2) is 4.79 Å². The third-order valence-corrected chi connectivity index (χ3v) is 3.43. The van der Waals surface area contributed by atoms with Gasteiger partial charge in [-0.05, 0) is 26.7 Å². The van der Waals surface area contributed by atoms with Crippen molar-refractivity contribution in [3.05, 3.63) is 0 Å². The minimum atomic E-state index is -1.27. The van der Waals surface area contributed by atoms with Crippen molar-refractivity contribution in [2.45, 2.75) is 52.0 Å². The van der Waals surface area contributed by atoms with Gasteiger partial charge in [0.05, 0.1) is 5.92 Å². The Morgan fingerprint density at radius 1 is 1.00 bits per heavy atom. The zero-order chi connectivity index (χ0) is 19.4. The molecule has 0 aliphatic rings. The van der Waals surface area contributed by atoms with Crippen LogP contribution in [0.3, 0.4) is 0 Å². The van der Waals surface area contributed by atoms with Crippen LogP contribution in [0, 0.1) is 5.92 Å². The predicted molar refractivity (Wildman–Crippen MR) is 86.0 cm³/mol. The van der Waals surface area contributed by atoms with Crippen molar-refractivity contribution in [2.24, 2.45) is 5.92 Å². The monoisotopic (exact) mass is 359 g/mol. The van der Waals surface area contributed by atoms with Crippen molar-refractivity contribution < 1.29 is 38.9 Å². The van der Waals surface area contributed by atoms with Gasteiger partial charge in [0.15, 0.2) is 5.78 Å². The van der Waals surface area contributed by atoms with Gasteiger partial charge >= 0.3 is 11.9 Å².